The molecule has 1 aliphatic carbocycles. The molecule has 172 valence electrons. The summed E-state index contributed by atoms with van der Waals surface area (Å²) in [5.41, 5.74) is 8.69. The quantitative estimate of drug-likeness (QED) is 0.396. The molecule has 2 aliphatic rings. The number of likely N-dealkylation sites (tertiary alicyclic amines) is 1. The second-order valence-electron chi connectivity index (χ2n) is 9.26. The van der Waals surface area contributed by atoms with Crippen LogP contribution in [-0.2, 0) is 9.59 Å². The minimum absolute atomic E-state index is 0.224. The molecule has 34 heavy (non-hydrogen) atoms. The third-order valence-corrected chi connectivity index (χ3v) is 6.43. The normalized spacial score (nSPS) is 16.9. The SMILES string of the molecule is Cc1ccncc1-c1cc(N)c2cnc(NC(=O)C(=O)NC3(C#N)CN(CC4CC4)C3)cc2c1. The number of nitrogens with one attached hydrogen (secondary N) is 2. The summed E-state index contributed by atoms with van der Waals surface area (Å²) in [5.74, 6) is -0.795. The highest BCUT2D eigenvalue weighted by atomic mass is 16.2. The van der Waals surface area contributed by atoms with Crippen LogP contribution < -0.4 is 16.4 Å². The number of benzene rings is 1. The molecule has 0 atom stereocenters. The van der Waals surface area contributed by atoms with Gasteiger partial charge in [-0.25, -0.2) is 4.98 Å². The minimum atomic E-state index is -1.02. The van der Waals surface area contributed by atoms with Gasteiger partial charge in [-0.15, -0.1) is 0 Å². The van der Waals surface area contributed by atoms with E-state index < -0.39 is 17.4 Å². The fourth-order valence-electron chi connectivity index (χ4n) is 4.41. The predicted octanol–water partition coefficient (Wildman–Crippen LogP) is 2.23. The summed E-state index contributed by atoms with van der Waals surface area (Å²) < 4.78 is 0. The number of nitrogen functional groups attached to an aromatic ring is 1. The Hall–Kier alpha value is -4.03. The fourth-order valence-corrected chi connectivity index (χ4v) is 4.41. The van der Waals surface area contributed by atoms with Gasteiger partial charge in [-0.3, -0.25) is 19.5 Å². The molecule has 0 radical (unpaired) electrons. The highest BCUT2D eigenvalue weighted by molar-refractivity contribution is 6.39. The highest BCUT2D eigenvalue weighted by Gasteiger charge is 2.46. The molecule has 3 aromatic rings. The Labute approximate surface area is 197 Å². The molecule has 9 nitrogen and oxygen atoms in total. The molecule has 0 spiro atoms. The number of carbonyl (C=O) groups excluding carboxylic acids is 2. The summed E-state index contributed by atoms with van der Waals surface area (Å²) in [6.07, 6.45) is 7.52. The van der Waals surface area contributed by atoms with Crippen LogP contribution in [0.3, 0.4) is 0 Å². The van der Waals surface area contributed by atoms with Crippen molar-refractivity contribution in [2.45, 2.75) is 25.3 Å². The zero-order chi connectivity index (χ0) is 23.9. The highest BCUT2D eigenvalue weighted by Crippen LogP contribution is 2.33. The molecule has 5 rings (SSSR count). The van der Waals surface area contributed by atoms with E-state index in [1.165, 1.54) is 12.8 Å². The molecular formula is C25H25N7O2. The van der Waals surface area contributed by atoms with Gasteiger partial charge < -0.3 is 16.4 Å². The minimum Gasteiger partial charge on any atom is -0.398 e. The van der Waals surface area contributed by atoms with Gasteiger partial charge in [0.2, 0.25) is 0 Å². The summed E-state index contributed by atoms with van der Waals surface area (Å²) >= 11 is 0. The summed E-state index contributed by atoms with van der Waals surface area (Å²) in [5, 5.41) is 16.2. The first kappa shape index (κ1) is 21.8. The van der Waals surface area contributed by atoms with Gasteiger partial charge in [0, 0.05) is 54.9 Å². The number of nitrogens with zero attached hydrogens (tertiary/aromatic N) is 4. The van der Waals surface area contributed by atoms with Crippen LogP contribution in [0.4, 0.5) is 11.5 Å². The number of fused-ring (bicyclic) bond motifs is 1. The summed E-state index contributed by atoms with van der Waals surface area (Å²) in [4.78, 5) is 35.6. The average molecular weight is 456 g/mol. The third kappa shape index (κ3) is 4.28. The van der Waals surface area contributed by atoms with E-state index in [1.54, 1.807) is 24.7 Å². The van der Waals surface area contributed by atoms with Gasteiger partial charge in [0.1, 0.15) is 5.82 Å². The number of nitriles is 1. The first-order valence-electron chi connectivity index (χ1n) is 11.2. The van der Waals surface area contributed by atoms with Gasteiger partial charge in [-0.2, -0.15) is 5.26 Å². The van der Waals surface area contributed by atoms with Crippen molar-refractivity contribution in [2.24, 2.45) is 5.92 Å². The lowest BCUT2D eigenvalue weighted by Gasteiger charge is -2.45. The first-order chi connectivity index (χ1) is 16.4. The van der Waals surface area contributed by atoms with E-state index >= 15 is 0 Å². The van der Waals surface area contributed by atoms with Crippen molar-refractivity contribution in [1.29, 1.82) is 5.26 Å². The number of aryl methyl sites for hydroxylation is 1. The smallest absolute Gasteiger partial charge is 0.314 e. The van der Waals surface area contributed by atoms with Crippen molar-refractivity contribution in [1.82, 2.24) is 20.2 Å². The van der Waals surface area contributed by atoms with Crippen molar-refractivity contribution < 1.29 is 9.59 Å². The van der Waals surface area contributed by atoms with E-state index in [2.05, 4.69) is 31.6 Å². The van der Waals surface area contributed by atoms with Crippen molar-refractivity contribution in [3.63, 3.8) is 0 Å². The van der Waals surface area contributed by atoms with E-state index in [4.69, 9.17) is 5.73 Å². The summed E-state index contributed by atoms with van der Waals surface area (Å²) in [7, 11) is 0. The number of nitrogens with two attached hydrogens (primary N) is 1. The molecular weight excluding hydrogens is 430 g/mol. The fraction of sp³-hybridized carbons (Fsp3) is 0.320. The number of rotatable bonds is 5. The van der Waals surface area contributed by atoms with Gasteiger partial charge in [-0.05, 0) is 66.5 Å². The maximum absolute atomic E-state index is 12.5. The third-order valence-electron chi connectivity index (χ3n) is 6.43. The van der Waals surface area contributed by atoms with E-state index in [0.717, 1.165) is 34.0 Å². The van der Waals surface area contributed by atoms with Crippen molar-refractivity contribution in [3.05, 3.63) is 48.4 Å². The van der Waals surface area contributed by atoms with Crippen LogP contribution in [0.5, 0.6) is 0 Å². The van der Waals surface area contributed by atoms with Crippen LogP contribution in [0.1, 0.15) is 18.4 Å². The standard InChI is InChI=1S/C25H25N7O2/c1-15-4-5-28-9-19(15)17-6-18-8-22(29-10-20(18)21(27)7-17)30-23(33)24(34)31-25(12-26)13-32(14-25)11-16-2-3-16/h4-10,16H,2-3,11,13-14,27H2,1H3,(H,31,34)(H,29,30,33). The monoisotopic (exact) mass is 455 g/mol. The molecule has 0 bridgehead atoms. The lowest BCUT2D eigenvalue weighted by molar-refractivity contribution is -0.138. The molecule has 3 heterocycles. The Kier molecular flexibility index (Phi) is 5.38. The topological polar surface area (TPSA) is 137 Å². The van der Waals surface area contributed by atoms with Gasteiger partial charge in [-0.1, -0.05) is 0 Å². The Morgan fingerprint density at radius 1 is 1.24 bits per heavy atom. The number of pyridine rings is 2. The average Bonchev–Trinajstić information content (AvgIpc) is 3.61. The van der Waals surface area contributed by atoms with E-state index in [1.807, 2.05) is 25.1 Å². The number of hydrogen-bond donors (Lipinski definition) is 3. The zero-order valence-corrected chi connectivity index (χ0v) is 18.8. The Bertz CT molecular complexity index is 1340. The molecule has 1 aliphatic heterocycles. The van der Waals surface area contributed by atoms with Crippen molar-refractivity contribution in [3.8, 4) is 17.2 Å². The second kappa shape index (κ2) is 8.39. The number of aromatic nitrogens is 2. The van der Waals surface area contributed by atoms with Gasteiger partial charge in [0.25, 0.3) is 0 Å². The molecule has 0 unspecified atom stereocenters. The lowest BCUT2D eigenvalue weighted by Crippen LogP contribution is -2.70. The number of anilines is 2. The van der Waals surface area contributed by atoms with E-state index in [9.17, 15) is 14.9 Å². The molecule has 2 fully saturated rings. The molecule has 1 aromatic carbocycles. The molecule has 2 amide bonds. The molecule has 1 saturated heterocycles. The van der Waals surface area contributed by atoms with Gasteiger partial charge in [0.15, 0.2) is 5.54 Å². The Morgan fingerprint density at radius 3 is 2.74 bits per heavy atom. The van der Waals surface area contributed by atoms with E-state index in [0.29, 0.717) is 24.7 Å². The van der Waals surface area contributed by atoms with Crippen LogP contribution in [0.25, 0.3) is 21.9 Å². The zero-order valence-electron chi connectivity index (χ0n) is 18.8. The van der Waals surface area contributed by atoms with Crippen molar-refractivity contribution >= 4 is 34.1 Å². The molecule has 4 N–H and O–H groups in total. The maximum atomic E-state index is 12.5. The Balaban J connectivity index is 1.30. The van der Waals surface area contributed by atoms with Crippen LogP contribution in [-0.4, -0.2) is 51.9 Å². The summed E-state index contributed by atoms with van der Waals surface area (Å²) in [6.45, 7) is 3.80. The number of amides is 2. The van der Waals surface area contributed by atoms with Crippen molar-refractivity contribution in [2.75, 3.05) is 30.7 Å². The first-order valence-corrected chi connectivity index (χ1v) is 11.2. The summed E-state index contributed by atoms with van der Waals surface area (Å²) in [6, 6.07) is 9.57. The largest absolute Gasteiger partial charge is 0.398 e. The second-order valence-corrected chi connectivity index (χ2v) is 9.26. The van der Waals surface area contributed by atoms with Gasteiger partial charge in [0.05, 0.1) is 6.07 Å². The van der Waals surface area contributed by atoms with Crippen LogP contribution >= 0.6 is 0 Å². The van der Waals surface area contributed by atoms with Crippen LogP contribution in [0.2, 0.25) is 0 Å². The van der Waals surface area contributed by atoms with Gasteiger partial charge >= 0.3 is 11.8 Å². The number of hydrogen-bond acceptors (Lipinski definition) is 7. The Morgan fingerprint density at radius 2 is 2.03 bits per heavy atom. The lowest BCUT2D eigenvalue weighted by atomic mass is 9.91. The maximum Gasteiger partial charge on any atom is 0.314 e. The predicted molar refractivity (Wildman–Crippen MR) is 128 cm³/mol. The molecule has 2 aromatic heterocycles. The molecule has 9 heteroatoms. The van der Waals surface area contributed by atoms with Crippen LogP contribution in [0.15, 0.2) is 42.9 Å². The number of carbonyl (C=O) groups is 2. The van der Waals surface area contributed by atoms with E-state index in [-0.39, 0.29) is 5.82 Å². The molecule has 1 saturated carbocycles. The van der Waals surface area contributed by atoms with Crippen LogP contribution in [0, 0.1) is 24.2 Å².